The van der Waals surface area contributed by atoms with Crippen LogP contribution in [0, 0.1) is 17.7 Å². The van der Waals surface area contributed by atoms with E-state index < -0.39 is 0 Å². The Balaban J connectivity index is 1.63. The number of carbonyl (C=O) groups excluding carboxylic acids is 1. The van der Waals surface area contributed by atoms with Gasteiger partial charge in [-0.05, 0) is 55.7 Å². The molecule has 0 bridgehead atoms. The van der Waals surface area contributed by atoms with Crippen molar-refractivity contribution in [2.75, 3.05) is 13.7 Å². The maximum Gasteiger partial charge on any atom is 0.309 e. The molecule has 0 aliphatic heterocycles. The summed E-state index contributed by atoms with van der Waals surface area (Å²) in [5, 5.41) is 0. The van der Waals surface area contributed by atoms with Crippen molar-refractivity contribution < 1.29 is 23.4 Å². The zero-order valence-corrected chi connectivity index (χ0v) is 15.9. The smallest absolute Gasteiger partial charge is 0.309 e. The summed E-state index contributed by atoms with van der Waals surface area (Å²) in [5.41, 5.74) is 1.25. The first kappa shape index (κ1) is 19.2. The van der Waals surface area contributed by atoms with Crippen LogP contribution >= 0.6 is 0 Å². The molecule has 5 heteroatoms. The van der Waals surface area contributed by atoms with Crippen LogP contribution in [-0.4, -0.2) is 25.8 Å². The SMILES string of the molecule is CC[C@@H](C)Oc1ccc(F)c(-c2ccc(OCC3CC3C(=O)OC)cc2)c1. The average Bonchev–Trinajstić information content (AvgIpc) is 3.47. The standard InChI is InChI=1S/C22H25FO4/c1-4-14(2)27-18-9-10-21(23)19(12-18)15-5-7-17(8-6-15)26-13-16-11-20(16)22(24)25-3/h5-10,12,14,16,20H,4,11,13H2,1-3H3/t14-,16?,20?/m1/s1. The molecule has 0 radical (unpaired) electrons. The van der Waals surface area contributed by atoms with Crippen LogP contribution < -0.4 is 9.47 Å². The second-order valence-corrected chi connectivity index (χ2v) is 6.94. The van der Waals surface area contributed by atoms with Crippen LogP contribution in [0.5, 0.6) is 11.5 Å². The van der Waals surface area contributed by atoms with Crippen molar-refractivity contribution in [1.82, 2.24) is 0 Å². The number of carbonyl (C=O) groups is 1. The van der Waals surface area contributed by atoms with Crippen LogP contribution in [0.2, 0.25) is 0 Å². The molecule has 0 saturated heterocycles. The molecule has 2 aromatic rings. The van der Waals surface area contributed by atoms with Gasteiger partial charge in [0.05, 0.1) is 25.7 Å². The van der Waals surface area contributed by atoms with Gasteiger partial charge in [-0.25, -0.2) is 4.39 Å². The Hall–Kier alpha value is -2.56. The van der Waals surface area contributed by atoms with E-state index in [0.717, 1.165) is 18.4 Å². The molecule has 1 aliphatic carbocycles. The molecule has 2 aromatic carbocycles. The number of esters is 1. The molecule has 3 rings (SSSR count). The molecule has 3 atom stereocenters. The lowest BCUT2D eigenvalue weighted by Gasteiger charge is -2.14. The quantitative estimate of drug-likeness (QED) is 0.621. The highest BCUT2D eigenvalue weighted by Crippen LogP contribution is 2.39. The van der Waals surface area contributed by atoms with E-state index in [4.69, 9.17) is 14.2 Å². The molecular weight excluding hydrogens is 347 g/mol. The molecule has 27 heavy (non-hydrogen) atoms. The van der Waals surface area contributed by atoms with Gasteiger partial charge in [0.2, 0.25) is 0 Å². The summed E-state index contributed by atoms with van der Waals surface area (Å²) in [5.74, 6) is 1.05. The van der Waals surface area contributed by atoms with Gasteiger partial charge in [0.1, 0.15) is 17.3 Å². The van der Waals surface area contributed by atoms with Gasteiger partial charge in [-0.15, -0.1) is 0 Å². The molecule has 0 spiro atoms. The van der Waals surface area contributed by atoms with Crippen molar-refractivity contribution in [1.29, 1.82) is 0 Å². The van der Waals surface area contributed by atoms with E-state index in [9.17, 15) is 9.18 Å². The van der Waals surface area contributed by atoms with Crippen molar-refractivity contribution >= 4 is 5.97 Å². The van der Waals surface area contributed by atoms with E-state index in [1.54, 1.807) is 12.1 Å². The van der Waals surface area contributed by atoms with E-state index in [1.165, 1.54) is 13.2 Å². The number of benzene rings is 2. The van der Waals surface area contributed by atoms with Crippen LogP contribution in [0.25, 0.3) is 11.1 Å². The lowest BCUT2D eigenvalue weighted by molar-refractivity contribution is -0.142. The third-order valence-electron chi connectivity index (χ3n) is 4.91. The Morgan fingerprint density at radius 2 is 1.89 bits per heavy atom. The number of ether oxygens (including phenoxy) is 3. The second-order valence-electron chi connectivity index (χ2n) is 6.94. The van der Waals surface area contributed by atoms with Crippen LogP contribution in [0.15, 0.2) is 42.5 Å². The molecule has 2 unspecified atom stereocenters. The number of hydrogen-bond acceptors (Lipinski definition) is 4. The predicted octanol–water partition coefficient (Wildman–Crippen LogP) is 4.86. The van der Waals surface area contributed by atoms with Gasteiger partial charge < -0.3 is 14.2 Å². The highest BCUT2D eigenvalue weighted by molar-refractivity contribution is 5.75. The van der Waals surface area contributed by atoms with Gasteiger partial charge in [-0.3, -0.25) is 4.79 Å². The van der Waals surface area contributed by atoms with E-state index in [1.807, 2.05) is 38.1 Å². The average molecular weight is 372 g/mol. The highest BCUT2D eigenvalue weighted by Gasteiger charge is 2.44. The fourth-order valence-electron chi connectivity index (χ4n) is 2.92. The predicted molar refractivity (Wildman–Crippen MR) is 101 cm³/mol. The first-order valence-corrected chi connectivity index (χ1v) is 9.29. The Bertz CT molecular complexity index is 787. The minimum Gasteiger partial charge on any atom is -0.493 e. The van der Waals surface area contributed by atoms with Crippen molar-refractivity contribution in [3.8, 4) is 22.6 Å². The number of halogens is 1. The minimum absolute atomic E-state index is 0.0448. The number of hydrogen-bond donors (Lipinski definition) is 0. The van der Waals surface area contributed by atoms with Crippen LogP contribution in [0.1, 0.15) is 26.7 Å². The zero-order valence-electron chi connectivity index (χ0n) is 15.9. The maximum absolute atomic E-state index is 14.3. The van der Waals surface area contributed by atoms with E-state index in [2.05, 4.69) is 0 Å². The molecule has 0 heterocycles. The van der Waals surface area contributed by atoms with E-state index in [-0.39, 0.29) is 29.7 Å². The lowest BCUT2D eigenvalue weighted by Crippen LogP contribution is -2.09. The van der Waals surface area contributed by atoms with E-state index in [0.29, 0.717) is 23.7 Å². The van der Waals surface area contributed by atoms with Crippen molar-refractivity contribution in [2.45, 2.75) is 32.8 Å². The monoisotopic (exact) mass is 372 g/mol. The summed E-state index contributed by atoms with van der Waals surface area (Å²) in [6.07, 6.45) is 1.77. The Labute approximate surface area is 159 Å². The van der Waals surface area contributed by atoms with Gasteiger partial charge in [0, 0.05) is 11.5 Å². The maximum atomic E-state index is 14.3. The Morgan fingerprint density at radius 1 is 1.19 bits per heavy atom. The van der Waals surface area contributed by atoms with Gasteiger partial charge in [-0.1, -0.05) is 19.1 Å². The molecule has 4 nitrogen and oxygen atoms in total. The second kappa shape index (κ2) is 8.42. The number of methoxy groups -OCH3 is 1. The van der Waals surface area contributed by atoms with Crippen LogP contribution in [-0.2, 0) is 9.53 Å². The molecule has 0 N–H and O–H groups in total. The molecule has 144 valence electrons. The van der Waals surface area contributed by atoms with Gasteiger partial charge in [0.25, 0.3) is 0 Å². The molecule has 1 fully saturated rings. The highest BCUT2D eigenvalue weighted by atomic mass is 19.1. The largest absolute Gasteiger partial charge is 0.493 e. The summed E-state index contributed by atoms with van der Waals surface area (Å²) in [6, 6.07) is 12.1. The topological polar surface area (TPSA) is 44.8 Å². The zero-order chi connectivity index (χ0) is 19.4. The fraction of sp³-hybridized carbons (Fsp3) is 0.409. The fourth-order valence-corrected chi connectivity index (χ4v) is 2.92. The third-order valence-corrected chi connectivity index (χ3v) is 4.91. The third kappa shape index (κ3) is 4.79. The van der Waals surface area contributed by atoms with Crippen molar-refractivity contribution in [3.63, 3.8) is 0 Å². The Morgan fingerprint density at radius 3 is 2.56 bits per heavy atom. The Kier molecular flexibility index (Phi) is 5.99. The summed E-state index contributed by atoms with van der Waals surface area (Å²) in [6.45, 7) is 4.51. The van der Waals surface area contributed by atoms with Crippen LogP contribution in [0.4, 0.5) is 4.39 Å². The summed E-state index contributed by atoms with van der Waals surface area (Å²) < 4.78 is 30.5. The van der Waals surface area contributed by atoms with Crippen molar-refractivity contribution in [3.05, 3.63) is 48.3 Å². The van der Waals surface area contributed by atoms with E-state index >= 15 is 0 Å². The van der Waals surface area contributed by atoms with Crippen molar-refractivity contribution in [2.24, 2.45) is 11.8 Å². The normalized spacial score (nSPS) is 19.3. The molecule has 0 amide bonds. The molecule has 0 aromatic heterocycles. The van der Waals surface area contributed by atoms with Crippen LogP contribution in [0.3, 0.4) is 0 Å². The summed E-state index contributed by atoms with van der Waals surface area (Å²) >= 11 is 0. The summed E-state index contributed by atoms with van der Waals surface area (Å²) in [4.78, 5) is 11.4. The molecule has 1 aliphatic rings. The summed E-state index contributed by atoms with van der Waals surface area (Å²) in [7, 11) is 1.40. The van der Waals surface area contributed by atoms with Gasteiger partial charge in [0.15, 0.2) is 0 Å². The van der Waals surface area contributed by atoms with Gasteiger partial charge >= 0.3 is 5.97 Å². The minimum atomic E-state index is -0.293. The first-order valence-electron chi connectivity index (χ1n) is 9.29. The van der Waals surface area contributed by atoms with Gasteiger partial charge in [-0.2, -0.15) is 0 Å². The number of rotatable bonds is 8. The first-order chi connectivity index (χ1) is 13.0. The lowest BCUT2D eigenvalue weighted by atomic mass is 10.0. The molecule has 1 saturated carbocycles. The molecular formula is C22H25FO4.